The second-order valence-corrected chi connectivity index (χ2v) is 9.20. The minimum atomic E-state index is 0.0760. The lowest BCUT2D eigenvalue weighted by molar-refractivity contribution is -0.142. The SMILES string of the molecule is Cc1ccc(C(=O)N2CCCC(N(Cc3cccnc3)C(=O)C3CCC3)C2)s1. The zero-order valence-electron chi connectivity index (χ0n) is 16.3. The Morgan fingerprint density at radius 1 is 1.21 bits per heavy atom. The fraction of sp³-hybridized carbons (Fsp3) is 0.500. The van der Waals surface area contributed by atoms with Gasteiger partial charge in [-0.2, -0.15) is 0 Å². The number of hydrogen-bond donors (Lipinski definition) is 0. The minimum absolute atomic E-state index is 0.0760. The van der Waals surface area contributed by atoms with E-state index in [-0.39, 0.29) is 23.8 Å². The fourth-order valence-corrected chi connectivity index (χ4v) is 4.90. The highest BCUT2D eigenvalue weighted by atomic mass is 32.1. The number of thiophene rings is 1. The van der Waals surface area contributed by atoms with Crippen LogP contribution in [-0.4, -0.2) is 45.7 Å². The first-order chi connectivity index (χ1) is 13.6. The van der Waals surface area contributed by atoms with E-state index < -0.39 is 0 Å². The molecule has 0 N–H and O–H groups in total. The number of aromatic nitrogens is 1. The number of amides is 2. The zero-order valence-corrected chi connectivity index (χ0v) is 17.2. The number of hydrogen-bond acceptors (Lipinski definition) is 4. The Kier molecular flexibility index (Phi) is 5.76. The molecular weight excluding hydrogens is 370 g/mol. The molecule has 2 aliphatic rings. The molecule has 2 amide bonds. The van der Waals surface area contributed by atoms with Gasteiger partial charge in [-0.25, -0.2) is 0 Å². The van der Waals surface area contributed by atoms with Gasteiger partial charge in [-0.05, 0) is 56.4 Å². The summed E-state index contributed by atoms with van der Waals surface area (Å²) in [5.41, 5.74) is 1.05. The summed E-state index contributed by atoms with van der Waals surface area (Å²) in [6.45, 7) is 3.99. The maximum absolute atomic E-state index is 13.2. The van der Waals surface area contributed by atoms with Crippen molar-refractivity contribution in [2.75, 3.05) is 13.1 Å². The van der Waals surface area contributed by atoms with E-state index in [1.807, 2.05) is 47.2 Å². The summed E-state index contributed by atoms with van der Waals surface area (Å²) < 4.78 is 0. The van der Waals surface area contributed by atoms with Gasteiger partial charge in [0.1, 0.15) is 0 Å². The third kappa shape index (κ3) is 4.12. The Morgan fingerprint density at radius 2 is 2.07 bits per heavy atom. The molecule has 3 heterocycles. The Bertz CT molecular complexity index is 831. The van der Waals surface area contributed by atoms with E-state index in [4.69, 9.17) is 0 Å². The molecule has 1 aliphatic heterocycles. The van der Waals surface area contributed by atoms with E-state index in [2.05, 4.69) is 4.98 Å². The molecule has 5 nitrogen and oxygen atoms in total. The molecule has 0 radical (unpaired) electrons. The zero-order chi connectivity index (χ0) is 19.5. The molecule has 0 bridgehead atoms. The average molecular weight is 398 g/mol. The number of likely N-dealkylation sites (tertiary alicyclic amines) is 1. The predicted octanol–water partition coefficient (Wildman–Crippen LogP) is 3.89. The molecule has 1 unspecified atom stereocenters. The topological polar surface area (TPSA) is 53.5 Å². The van der Waals surface area contributed by atoms with Crippen LogP contribution in [0.15, 0.2) is 36.7 Å². The Hall–Kier alpha value is -2.21. The monoisotopic (exact) mass is 397 g/mol. The Labute approximate surface area is 170 Å². The first-order valence-corrected chi connectivity index (χ1v) is 11.0. The average Bonchev–Trinajstić information content (AvgIpc) is 3.11. The largest absolute Gasteiger partial charge is 0.336 e. The second kappa shape index (κ2) is 8.43. The number of nitrogens with zero attached hydrogens (tertiary/aromatic N) is 3. The minimum Gasteiger partial charge on any atom is -0.336 e. The van der Waals surface area contributed by atoms with Gasteiger partial charge >= 0.3 is 0 Å². The number of carbonyl (C=O) groups is 2. The van der Waals surface area contributed by atoms with Crippen LogP contribution in [-0.2, 0) is 11.3 Å². The van der Waals surface area contributed by atoms with Crippen molar-refractivity contribution >= 4 is 23.2 Å². The molecule has 2 aromatic rings. The fourth-order valence-electron chi connectivity index (χ4n) is 4.06. The van der Waals surface area contributed by atoms with Gasteiger partial charge in [0.25, 0.3) is 5.91 Å². The molecule has 1 saturated heterocycles. The van der Waals surface area contributed by atoms with Gasteiger partial charge in [0.2, 0.25) is 5.91 Å². The molecule has 0 spiro atoms. The number of pyridine rings is 1. The second-order valence-electron chi connectivity index (χ2n) is 7.91. The molecule has 1 saturated carbocycles. The van der Waals surface area contributed by atoms with Gasteiger partial charge in [-0.1, -0.05) is 12.5 Å². The van der Waals surface area contributed by atoms with Crippen LogP contribution in [0, 0.1) is 12.8 Å². The van der Waals surface area contributed by atoms with Crippen molar-refractivity contribution < 1.29 is 9.59 Å². The predicted molar refractivity (Wildman–Crippen MR) is 110 cm³/mol. The van der Waals surface area contributed by atoms with Crippen LogP contribution in [0.2, 0.25) is 0 Å². The van der Waals surface area contributed by atoms with Crippen LogP contribution in [0.25, 0.3) is 0 Å². The summed E-state index contributed by atoms with van der Waals surface area (Å²) >= 11 is 1.55. The van der Waals surface area contributed by atoms with Crippen LogP contribution in [0.3, 0.4) is 0 Å². The van der Waals surface area contributed by atoms with Crippen LogP contribution in [0.1, 0.15) is 52.2 Å². The molecular formula is C22H27N3O2S. The molecule has 2 fully saturated rings. The van der Waals surface area contributed by atoms with Crippen molar-refractivity contribution in [1.29, 1.82) is 0 Å². The molecule has 2 aromatic heterocycles. The third-order valence-electron chi connectivity index (χ3n) is 5.89. The summed E-state index contributed by atoms with van der Waals surface area (Å²) in [5.74, 6) is 0.504. The molecule has 6 heteroatoms. The van der Waals surface area contributed by atoms with Crippen LogP contribution >= 0.6 is 11.3 Å². The summed E-state index contributed by atoms with van der Waals surface area (Å²) in [6, 6.07) is 7.92. The van der Waals surface area contributed by atoms with Crippen molar-refractivity contribution in [3.8, 4) is 0 Å². The van der Waals surface area contributed by atoms with Crippen molar-refractivity contribution in [3.63, 3.8) is 0 Å². The molecule has 1 aliphatic carbocycles. The summed E-state index contributed by atoms with van der Waals surface area (Å²) in [7, 11) is 0. The number of rotatable bonds is 5. The van der Waals surface area contributed by atoms with E-state index in [0.717, 1.165) is 54.0 Å². The first kappa shape index (κ1) is 19.1. The van der Waals surface area contributed by atoms with Gasteiger partial charge < -0.3 is 9.80 Å². The highest BCUT2D eigenvalue weighted by Crippen LogP contribution is 2.31. The molecule has 28 heavy (non-hydrogen) atoms. The first-order valence-electron chi connectivity index (χ1n) is 10.2. The molecule has 148 valence electrons. The van der Waals surface area contributed by atoms with E-state index in [1.165, 1.54) is 0 Å². The van der Waals surface area contributed by atoms with Crippen LogP contribution < -0.4 is 0 Å². The summed E-state index contributed by atoms with van der Waals surface area (Å²) in [4.78, 5) is 36.2. The highest BCUT2D eigenvalue weighted by molar-refractivity contribution is 7.13. The van der Waals surface area contributed by atoms with Gasteiger partial charge in [-0.15, -0.1) is 11.3 Å². The maximum Gasteiger partial charge on any atom is 0.263 e. The number of piperidine rings is 1. The maximum atomic E-state index is 13.2. The molecule has 1 atom stereocenters. The molecule has 0 aromatic carbocycles. The standard InChI is InChI=1S/C22H27N3O2S/c1-16-9-10-20(28-16)22(27)24-12-4-8-19(15-24)25(21(26)18-6-2-7-18)14-17-5-3-11-23-13-17/h3,5,9-11,13,18-19H,2,4,6-8,12,14-15H2,1H3. The Morgan fingerprint density at radius 3 is 2.71 bits per heavy atom. The lowest BCUT2D eigenvalue weighted by Crippen LogP contribution is -2.53. The van der Waals surface area contributed by atoms with Gasteiger partial charge in [0.15, 0.2) is 0 Å². The van der Waals surface area contributed by atoms with Crippen LogP contribution in [0.4, 0.5) is 0 Å². The lowest BCUT2D eigenvalue weighted by Gasteiger charge is -2.42. The normalized spacial score (nSPS) is 19.9. The number of carbonyl (C=O) groups excluding carboxylic acids is 2. The van der Waals surface area contributed by atoms with E-state index in [1.54, 1.807) is 17.5 Å². The van der Waals surface area contributed by atoms with Crippen molar-refractivity contribution in [2.24, 2.45) is 5.92 Å². The van der Waals surface area contributed by atoms with Gasteiger partial charge in [0, 0.05) is 48.9 Å². The van der Waals surface area contributed by atoms with Gasteiger partial charge in [0.05, 0.1) is 4.88 Å². The quantitative estimate of drug-likeness (QED) is 0.769. The van der Waals surface area contributed by atoms with Crippen molar-refractivity contribution in [1.82, 2.24) is 14.8 Å². The van der Waals surface area contributed by atoms with Crippen LogP contribution in [0.5, 0.6) is 0 Å². The van der Waals surface area contributed by atoms with E-state index in [0.29, 0.717) is 13.1 Å². The summed E-state index contributed by atoms with van der Waals surface area (Å²) in [5, 5.41) is 0. The van der Waals surface area contributed by atoms with Crippen molar-refractivity contribution in [2.45, 2.75) is 51.6 Å². The van der Waals surface area contributed by atoms with E-state index in [9.17, 15) is 9.59 Å². The highest BCUT2D eigenvalue weighted by Gasteiger charge is 2.36. The van der Waals surface area contributed by atoms with Gasteiger partial charge in [-0.3, -0.25) is 14.6 Å². The summed E-state index contributed by atoms with van der Waals surface area (Å²) in [6.07, 6.45) is 8.60. The lowest BCUT2D eigenvalue weighted by atomic mass is 9.83. The van der Waals surface area contributed by atoms with Crippen molar-refractivity contribution in [3.05, 3.63) is 52.0 Å². The molecule has 4 rings (SSSR count). The third-order valence-corrected chi connectivity index (χ3v) is 6.88. The van der Waals surface area contributed by atoms with E-state index >= 15 is 0 Å². The smallest absolute Gasteiger partial charge is 0.263 e. The Balaban J connectivity index is 1.51. The number of aryl methyl sites for hydroxylation is 1.